The molecule has 0 spiro atoms. The number of hydrogen-bond donors (Lipinski definition) is 0. The zero-order valence-electron chi connectivity index (χ0n) is 9.59. The van der Waals surface area contributed by atoms with E-state index < -0.39 is 0 Å². The van der Waals surface area contributed by atoms with E-state index in [9.17, 15) is 4.79 Å². The largest absolute Gasteiger partial charge is 0.378 e. The lowest BCUT2D eigenvalue weighted by Gasteiger charge is -2.52. The monoisotopic (exact) mass is 254 g/mol. The van der Waals surface area contributed by atoms with Crippen molar-refractivity contribution < 1.29 is 14.3 Å². The maximum absolute atomic E-state index is 12.3. The molecule has 92 valence electrons. The van der Waals surface area contributed by atoms with Crippen molar-refractivity contribution in [2.75, 3.05) is 20.3 Å². The van der Waals surface area contributed by atoms with Gasteiger partial charge in [0.1, 0.15) is 9.88 Å². The summed E-state index contributed by atoms with van der Waals surface area (Å²) in [7, 11) is 1.63. The van der Waals surface area contributed by atoms with Gasteiger partial charge in [-0.1, -0.05) is 0 Å². The number of fused-ring (bicyclic) bond motifs is 2. The molecule has 0 aliphatic carbocycles. The number of rotatable bonds is 3. The topological polar surface area (TPSA) is 51.7 Å². The quantitative estimate of drug-likeness (QED) is 0.804. The van der Waals surface area contributed by atoms with Crippen LogP contribution in [0.2, 0.25) is 0 Å². The van der Waals surface area contributed by atoms with Crippen LogP contribution < -0.4 is 0 Å². The Morgan fingerprint density at radius 3 is 3.06 bits per heavy atom. The third kappa shape index (κ3) is 1.86. The van der Waals surface area contributed by atoms with Crippen molar-refractivity contribution in [2.24, 2.45) is 0 Å². The lowest BCUT2D eigenvalue weighted by molar-refractivity contribution is -0.104. The molecule has 2 fully saturated rings. The fourth-order valence-electron chi connectivity index (χ4n) is 2.40. The molecule has 1 amide bonds. The number of methoxy groups -OCH3 is 1. The van der Waals surface area contributed by atoms with E-state index in [2.05, 4.69) is 4.98 Å². The van der Waals surface area contributed by atoms with Gasteiger partial charge in [-0.25, -0.2) is 4.98 Å². The number of aromatic nitrogens is 1. The maximum atomic E-state index is 12.3. The average molecular weight is 254 g/mol. The zero-order valence-corrected chi connectivity index (χ0v) is 10.4. The minimum absolute atomic E-state index is 0.0920. The van der Waals surface area contributed by atoms with Gasteiger partial charge in [-0.2, -0.15) is 0 Å². The normalized spacial score (nSPS) is 26.8. The summed E-state index contributed by atoms with van der Waals surface area (Å²) >= 11 is 1.41. The first kappa shape index (κ1) is 11.1. The van der Waals surface area contributed by atoms with Gasteiger partial charge in [0.05, 0.1) is 38.1 Å². The molecule has 0 N–H and O–H groups in total. The Labute approximate surface area is 103 Å². The molecule has 2 aliphatic heterocycles. The van der Waals surface area contributed by atoms with Gasteiger partial charge < -0.3 is 14.4 Å². The molecule has 2 atom stereocenters. The summed E-state index contributed by atoms with van der Waals surface area (Å²) in [5.41, 5.74) is 0. The predicted octanol–water partition coefficient (Wildman–Crippen LogP) is 0.903. The third-order valence-corrected chi connectivity index (χ3v) is 4.18. The van der Waals surface area contributed by atoms with Crippen molar-refractivity contribution >= 4 is 17.2 Å². The van der Waals surface area contributed by atoms with E-state index in [0.29, 0.717) is 24.7 Å². The summed E-state index contributed by atoms with van der Waals surface area (Å²) in [6, 6.07) is 0.545. The first-order valence-electron chi connectivity index (χ1n) is 5.63. The highest BCUT2D eigenvalue weighted by atomic mass is 32.1. The van der Waals surface area contributed by atoms with Gasteiger partial charge in [0.15, 0.2) is 0 Å². The minimum atomic E-state index is 0.0920. The van der Waals surface area contributed by atoms with E-state index in [1.807, 2.05) is 4.90 Å². The lowest BCUT2D eigenvalue weighted by atomic mass is 9.91. The number of morpholine rings is 1. The molecule has 0 aromatic carbocycles. The number of nitrogens with zero attached hydrogens (tertiary/aromatic N) is 2. The molecule has 2 bridgehead atoms. The van der Waals surface area contributed by atoms with Gasteiger partial charge in [-0.05, 0) is 6.42 Å². The molecule has 2 unspecified atom stereocenters. The third-order valence-electron chi connectivity index (χ3n) is 3.22. The predicted molar refractivity (Wildman–Crippen MR) is 62.0 cm³/mol. The van der Waals surface area contributed by atoms with Crippen LogP contribution in [-0.2, 0) is 16.1 Å². The van der Waals surface area contributed by atoms with Crippen LogP contribution in [0.1, 0.15) is 21.1 Å². The fourth-order valence-corrected chi connectivity index (χ4v) is 3.23. The van der Waals surface area contributed by atoms with Crippen LogP contribution in [0.25, 0.3) is 0 Å². The summed E-state index contributed by atoms with van der Waals surface area (Å²) in [6.07, 6.45) is 2.73. The Bertz CT molecular complexity index is 420. The summed E-state index contributed by atoms with van der Waals surface area (Å²) in [5, 5.41) is 0.845. The van der Waals surface area contributed by atoms with E-state index in [-0.39, 0.29) is 18.0 Å². The Hall–Kier alpha value is -0.980. The molecular formula is C11H14N2O3S. The van der Waals surface area contributed by atoms with Gasteiger partial charge in [-0.15, -0.1) is 11.3 Å². The number of hydrogen-bond acceptors (Lipinski definition) is 5. The van der Waals surface area contributed by atoms with Crippen LogP contribution in [0.3, 0.4) is 0 Å². The summed E-state index contributed by atoms with van der Waals surface area (Å²) < 4.78 is 10.4. The first-order valence-corrected chi connectivity index (χ1v) is 6.45. The van der Waals surface area contributed by atoms with Gasteiger partial charge >= 0.3 is 0 Å². The van der Waals surface area contributed by atoms with E-state index >= 15 is 0 Å². The SMILES string of the molecule is COCc1ncc(C(=O)N2C3COCC2C3)s1. The number of ether oxygens (including phenoxy) is 2. The van der Waals surface area contributed by atoms with Gasteiger partial charge in [0.2, 0.25) is 0 Å². The molecule has 5 nitrogen and oxygen atoms in total. The van der Waals surface area contributed by atoms with E-state index in [0.717, 1.165) is 11.4 Å². The molecule has 6 heteroatoms. The molecule has 2 aliphatic rings. The second-order valence-corrected chi connectivity index (χ2v) is 5.46. The van der Waals surface area contributed by atoms with Gasteiger partial charge in [-0.3, -0.25) is 4.79 Å². The van der Waals surface area contributed by atoms with Crippen LogP contribution in [0.15, 0.2) is 6.20 Å². The molecule has 1 aromatic rings. The molecule has 2 saturated heterocycles. The van der Waals surface area contributed by atoms with Crippen LogP contribution in [0.5, 0.6) is 0 Å². The van der Waals surface area contributed by atoms with Crippen molar-refractivity contribution in [1.29, 1.82) is 0 Å². The van der Waals surface area contributed by atoms with Crippen molar-refractivity contribution in [3.8, 4) is 0 Å². The molecule has 1 aromatic heterocycles. The molecule has 0 saturated carbocycles. The summed E-state index contributed by atoms with van der Waals surface area (Å²) in [6.45, 7) is 1.81. The van der Waals surface area contributed by atoms with E-state index in [4.69, 9.17) is 9.47 Å². The smallest absolute Gasteiger partial charge is 0.266 e. The number of amides is 1. The Kier molecular flexibility index (Phi) is 2.85. The molecule has 0 radical (unpaired) electrons. The van der Waals surface area contributed by atoms with E-state index in [1.54, 1.807) is 13.3 Å². The number of thiazole rings is 1. The molecular weight excluding hydrogens is 240 g/mol. The summed E-state index contributed by atoms with van der Waals surface area (Å²) in [5.74, 6) is 0.0920. The van der Waals surface area contributed by atoms with Gasteiger partial charge in [0.25, 0.3) is 5.91 Å². The zero-order chi connectivity index (χ0) is 11.8. The number of carbonyl (C=O) groups is 1. The molecule has 3 rings (SSSR count). The van der Waals surface area contributed by atoms with Crippen LogP contribution in [-0.4, -0.2) is 48.2 Å². The summed E-state index contributed by atoms with van der Waals surface area (Å²) in [4.78, 5) is 19.1. The van der Waals surface area contributed by atoms with Crippen molar-refractivity contribution in [3.63, 3.8) is 0 Å². The highest BCUT2D eigenvalue weighted by Gasteiger charge is 2.45. The maximum Gasteiger partial charge on any atom is 0.266 e. The minimum Gasteiger partial charge on any atom is -0.378 e. The Morgan fingerprint density at radius 1 is 1.65 bits per heavy atom. The van der Waals surface area contributed by atoms with Crippen molar-refractivity contribution in [2.45, 2.75) is 25.1 Å². The second-order valence-electron chi connectivity index (χ2n) is 4.34. The second kappa shape index (κ2) is 4.36. The van der Waals surface area contributed by atoms with E-state index in [1.165, 1.54) is 11.3 Å². The van der Waals surface area contributed by atoms with Crippen LogP contribution >= 0.6 is 11.3 Å². The molecule has 17 heavy (non-hydrogen) atoms. The standard InChI is InChI=1S/C11H14N2O3S/c1-15-6-10-12-3-9(17-10)11(14)13-7-2-8(13)5-16-4-7/h3,7-8H,2,4-6H2,1H3. The first-order chi connectivity index (χ1) is 8.29. The Balaban J connectivity index is 1.73. The Morgan fingerprint density at radius 2 is 2.41 bits per heavy atom. The molecule has 3 heterocycles. The van der Waals surface area contributed by atoms with Gasteiger partial charge in [0, 0.05) is 7.11 Å². The highest BCUT2D eigenvalue weighted by molar-refractivity contribution is 7.13. The van der Waals surface area contributed by atoms with Crippen molar-refractivity contribution in [3.05, 3.63) is 16.1 Å². The number of carbonyl (C=O) groups excluding carboxylic acids is 1. The highest BCUT2D eigenvalue weighted by Crippen LogP contribution is 2.33. The van der Waals surface area contributed by atoms with Crippen LogP contribution in [0.4, 0.5) is 0 Å². The van der Waals surface area contributed by atoms with Crippen LogP contribution in [0, 0.1) is 0 Å². The lowest BCUT2D eigenvalue weighted by Crippen LogP contribution is -2.65. The van der Waals surface area contributed by atoms with Crippen molar-refractivity contribution in [1.82, 2.24) is 9.88 Å². The average Bonchev–Trinajstić information content (AvgIpc) is 2.79. The fraction of sp³-hybridized carbons (Fsp3) is 0.636.